The summed E-state index contributed by atoms with van der Waals surface area (Å²) in [6.07, 6.45) is 0.731. The maximum Gasteiger partial charge on any atom is 0.146 e. The molecule has 0 aliphatic rings. The van der Waals surface area contributed by atoms with Crippen LogP contribution in [-0.2, 0) is 6.42 Å². The zero-order valence-corrected chi connectivity index (χ0v) is 28.2. The molecule has 0 saturated carbocycles. The molecule has 0 saturated heterocycles. The number of rotatable bonds is 5. The van der Waals surface area contributed by atoms with Gasteiger partial charge < -0.3 is 0 Å². The Labute approximate surface area is 295 Å². The van der Waals surface area contributed by atoms with Crippen LogP contribution in [0.5, 0.6) is 0 Å². The molecule has 240 valence electrons. The van der Waals surface area contributed by atoms with Crippen molar-refractivity contribution in [3.63, 3.8) is 0 Å². The number of aromatic nitrogens is 2. The number of imidazole rings is 1. The van der Waals surface area contributed by atoms with Crippen molar-refractivity contribution in [3.8, 4) is 11.1 Å². The number of benzene rings is 8. The first-order chi connectivity index (χ1) is 25.2. The molecule has 0 radical (unpaired) electrons. The van der Waals surface area contributed by atoms with Crippen molar-refractivity contribution in [3.05, 3.63) is 187 Å². The molecular formula is C48H33N3. The number of aryl methyl sites for hydroxylation is 1. The Morgan fingerprint density at radius 1 is 0.510 bits per heavy atom. The Hall–Kier alpha value is -6.58. The Morgan fingerprint density at radius 2 is 1.10 bits per heavy atom. The Balaban J connectivity index is 1.13. The van der Waals surface area contributed by atoms with E-state index in [9.17, 15) is 0 Å². The van der Waals surface area contributed by atoms with Crippen LogP contribution in [0.2, 0.25) is 0 Å². The van der Waals surface area contributed by atoms with Crippen LogP contribution in [0.15, 0.2) is 175 Å². The van der Waals surface area contributed by atoms with E-state index in [0.29, 0.717) is 0 Å². The molecule has 0 atom stereocenters. The van der Waals surface area contributed by atoms with Crippen LogP contribution in [-0.4, -0.2) is 15.1 Å². The predicted octanol–water partition coefficient (Wildman–Crippen LogP) is 12.4. The van der Waals surface area contributed by atoms with Crippen molar-refractivity contribution < 1.29 is 0 Å². The minimum absolute atomic E-state index is 0.731. The molecule has 10 rings (SSSR count). The molecule has 0 N–H and O–H groups in total. The molecule has 3 nitrogen and oxygen atoms in total. The summed E-state index contributed by atoms with van der Waals surface area (Å²) >= 11 is 0. The summed E-state index contributed by atoms with van der Waals surface area (Å²) in [4.78, 5) is 10.7. The first kappa shape index (κ1) is 29.3. The number of nitrogens with zero attached hydrogens (tertiary/aromatic N) is 3. The summed E-state index contributed by atoms with van der Waals surface area (Å²) in [5, 5.41) is 8.51. The van der Waals surface area contributed by atoms with E-state index in [1.54, 1.807) is 0 Å². The van der Waals surface area contributed by atoms with Gasteiger partial charge in [0.1, 0.15) is 5.65 Å². The number of pyridine rings is 1. The molecule has 0 bridgehead atoms. The van der Waals surface area contributed by atoms with E-state index >= 15 is 0 Å². The zero-order chi connectivity index (χ0) is 33.9. The number of hydrogen-bond acceptors (Lipinski definition) is 2. The minimum atomic E-state index is 0.731. The van der Waals surface area contributed by atoms with E-state index in [-0.39, 0.29) is 0 Å². The van der Waals surface area contributed by atoms with Gasteiger partial charge in [0.2, 0.25) is 0 Å². The topological polar surface area (TPSA) is 29.7 Å². The van der Waals surface area contributed by atoms with Gasteiger partial charge in [0.05, 0.1) is 27.9 Å². The van der Waals surface area contributed by atoms with Gasteiger partial charge in [0, 0.05) is 22.6 Å². The lowest BCUT2D eigenvalue weighted by molar-refractivity contribution is 1.29. The van der Waals surface area contributed by atoms with Crippen molar-refractivity contribution in [1.29, 1.82) is 0 Å². The van der Waals surface area contributed by atoms with Crippen molar-refractivity contribution in [2.45, 2.75) is 13.3 Å². The zero-order valence-electron chi connectivity index (χ0n) is 28.2. The normalized spacial score (nSPS) is 12.2. The standard InChI is InChI=1S/C48H33N3/c1-31-36-15-5-6-16-37(36)38-17-7-8-19-41(38)47(31)49-44(29-32-13-3-2-4-14-32)34-25-23-33(24-26-34)35-27-28-39-40-18-9-11-21-45(40)51-46-22-12-10-20-43(46)50-48(51)42(39)30-35/h2-28,30H,29H2,1H3. The fourth-order valence-electron chi connectivity index (χ4n) is 7.92. The van der Waals surface area contributed by atoms with Gasteiger partial charge in [-0.1, -0.05) is 146 Å². The van der Waals surface area contributed by atoms with Gasteiger partial charge in [-0.3, -0.25) is 9.39 Å². The second-order valence-electron chi connectivity index (χ2n) is 13.4. The molecule has 0 unspecified atom stereocenters. The van der Waals surface area contributed by atoms with Gasteiger partial charge in [-0.15, -0.1) is 0 Å². The predicted molar refractivity (Wildman–Crippen MR) is 216 cm³/mol. The maximum absolute atomic E-state index is 5.53. The summed E-state index contributed by atoms with van der Waals surface area (Å²) in [6, 6.07) is 60.8. The van der Waals surface area contributed by atoms with E-state index in [1.165, 1.54) is 49.0 Å². The monoisotopic (exact) mass is 651 g/mol. The molecule has 0 spiro atoms. The highest BCUT2D eigenvalue weighted by molar-refractivity contribution is 6.17. The van der Waals surface area contributed by atoms with E-state index in [1.807, 2.05) is 0 Å². The first-order valence-corrected chi connectivity index (χ1v) is 17.6. The van der Waals surface area contributed by atoms with Crippen LogP contribution >= 0.6 is 0 Å². The van der Waals surface area contributed by atoms with Crippen LogP contribution in [0.3, 0.4) is 0 Å². The lowest BCUT2D eigenvalue weighted by atomic mass is 9.94. The Bertz CT molecular complexity index is 2990. The smallest absolute Gasteiger partial charge is 0.146 e. The summed E-state index contributed by atoms with van der Waals surface area (Å²) in [5.74, 6) is 0. The molecule has 2 heterocycles. The number of aliphatic imine (C=N–C) groups is 1. The number of hydrogen-bond donors (Lipinski definition) is 0. The van der Waals surface area contributed by atoms with Gasteiger partial charge in [0.25, 0.3) is 0 Å². The molecule has 0 aliphatic heterocycles. The highest BCUT2D eigenvalue weighted by Gasteiger charge is 2.16. The maximum atomic E-state index is 5.53. The fourth-order valence-corrected chi connectivity index (χ4v) is 7.92. The second-order valence-corrected chi connectivity index (χ2v) is 13.4. The van der Waals surface area contributed by atoms with Gasteiger partial charge in [-0.25, -0.2) is 4.98 Å². The molecule has 0 amide bonds. The van der Waals surface area contributed by atoms with Crippen LogP contribution in [0.4, 0.5) is 5.69 Å². The lowest BCUT2D eigenvalue weighted by Crippen LogP contribution is -2.05. The minimum Gasteiger partial charge on any atom is -0.292 e. The Morgan fingerprint density at radius 3 is 1.88 bits per heavy atom. The van der Waals surface area contributed by atoms with Crippen LogP contribution in [0.1, 0.15) is 16.7 Å². The molecule has 0 aliphatic carbocycles. The van der Waals surface area contributed by atoms with Crippen molar-refractivity contribution in [1.82, 2.24) is 9.38 Å². The van der Waals surface area contributed by atoms with Gasteiger partial charge in [0.15, 0.2) is 0 Å². The molecule has 3 heteroatoms. The average Bonchev–Trinajstić information content (AvgIpc) is 3.60. The summed E-state index contributed by atoms with van der Waals surface area (Å²) in [6.45, 7) is 2.21. The fraction of sp³-hybridized carbons (Fsp3) is 0.0417. The van der Waals surface area contributed by atoms with Crippen molar-refractivity contribution in [2.24, 2.45) is 4.99 Å². The van der Waals surface area contributed by atoms with Crippen molar-refractivity contribution in [2.75, 3.05) is 0 Å². The largest absolute Gasteiger partial charge is 0.292 e. The summed E-state index contributed by atoms with van der Waals surface area (Å²) < 4.78 is 2.31. The molecule has 51 heavy (non-hydrogen) atoms. The van der Waals surface area contributed by atoms with Gasteiger partial charge in [-0.2, -0.15) is 0 Å². The number of fused-ring (bicyclic) bond motifs is 11. The third kappa shape index (κ3) is 4.81. The third-order valence-corrected chi connectivity index (χ3v) is 10.4. The molecular weight excluding hydrogens is 619 g/mol. The highest BCUT2D eigenvalue weighted by atomic mass is 15.0. The van der Waals surface area contributed by atoms with Crippen LogP contribution < -0.4 is 0 Å². The van der Waals surface area contributed by atoms with E-state index < -0.39 is 0 Å². The average molecular weight is 652 g/mol. The first-order valence-electron chi connectivity index (χ1n) is 17.6. The SMILES string of the molecule is Cc1c(N=C(Cc2ccccc2)c2ccc(-c3ccc4c5ccccc5n5c6ccccc6nc5c4c3)cc2)c2ccccc2c2ccccc12. The van der Waals surface area contributed by atoms with Gasteiger partial charge in [-0.05, 0) is 80.6 Å². The molecule has 10 aromatic rings. The lowest BCUT2D eigenvalue weighted by Gasteiger charge is -2.15. The van der Waals surface area contributed by atoms with Crippen LogP contribution in [0.25, 0.3) is 71.0 Å². The quantitative estimate of drug-likeness (QED) is 0.134. The molecule has 8 aromatic carbocycles. The number of para-hydroxylation sites is 3. The van der Waals surface area contributed by atoms with Crippen LogP contribution in [0, 0.1) is 6.92 Å². The summed E-state index contributed by atoms with van der Waals surface area (Å²) in [7, 11) is 0. The van der Waals surface area contributed by atoms with E-state index in [4.69, 9.17) is 9.98 Å². The van der Waals surface area contributed by atoms with Crippen molar-refractivity contribution >= 4 is 71.3 Å². The third-order valence-electron chi connectivity index (χ3n) is 10.4. The molecule has 0 fully saturated rings. The Kier molecular flexibility index (Phi) is 6.78. The second kappa shape index (κ2) is 11.8. The van der Waals surface area contributed by atoms with E-state index in [2.05, 4.69) is 181 Å². The summed E-state index contributed by atoms with van der Waals surface area (Å²) in [5.41, 5.74) is 12.3. The van der Waals surface area contributed by atoms with Gasteiger partial charge >= 0.3 is 0 Å². The van der Waals surface area contributed by atoms with E-state index in [0.717, 1.165) is 56.6 Å². The highest BCUT2D eigenvalue weighted by Crippen LogP contribution is 2.39. The molecule has 2 aromatic heterocycles.